The Morgan fingerprint density at radius 1 is 1.12 bits per heavy atom. The third-order valence-electron chi connectivity index (χ3n) is 9.56. The highest BCUT2D eigenvalue weighted by Gasteiger charge is 2.61. The van der Waals surface area contributed by atoms with Gasteiger partial charge in [0.15, 0.2) is 11.6 Å². The molecule has 4 heterocycles. The minimum absolute atomic E-state index is 0.0237. The van der Waals surface area contributed by atoms with Crippen molar-refractivity contribution in [3.05, 3.63) is 40.2 Å². The van der Waals surface area contributed by atoms with Crippen molar-refractivity contribution in [2.24, 2.45) is 5.11 Å². The molecule has 0 unspecified atom stereocenters. The van der Waals surface area contributed by atoms with E-state index >= 15 is 0 Å². The molecule has 56 heavy (non-hydrogen) atoms. The smallest absolute Gasteiger partial charge is 0.411 e. The van der Waals surface area contributed by atoms with E-state index in [1.54, 1.807) is 60.7 Å². The number of amides is 3. The van der Waals surface area contributed by atoms with Gasteiger partial charge in [0, 0.05) is 35.6 Å². The van der Waals surface area contributed by atoms with Crippen LogP contribution in [0.5, 0.6) is 0 Å². The topological polar surface area (TPSA) is 241 Å². The fourth-order valence-corrected chi connectivity index (χ4v) is 7.39. The lowest BCUT2D eigenvalue weighted by atomic mass is 9.87. The summed E-state index contributed by atoms with van der Waals surface area (Å²) in [5.41, 5.74) is 9.65. The zero-order chi connectivity index (χ0) is 41.1. The maximum Gasteiger partial charge on any atom is 0.411 e. The maximum absolute atomic E-state index is 14.2. The number of esters is 1. The second-order valence-electron chi connectivity index (χ2n) is 15.8. The Balaban J connectivity index is 1.51. The Morgan fingerprint density at radius 2 is 1.82 bits per heavy atom. The minimum Gasteiger partial charge on any atom is -0.460 e. The van der Waals surface area contributed by atoms with Crippen molar-refractivity contribution in [2.45, 2.75) is 155 Å². The summed E-state index contributed by atoms with van der Waals surface area (Å²) < 4.78 is 36.5. The standard InChI is InChI=1S/C37H53N9O10/c1-11-21(12-2)53-25-14-20(13-23(27(25)42-19(5)47)43-34(49)52-18(3)4)33(48)51-16-24-30-31(55-37(9,10)54-30)29(46(24)35(50)56-36(6,7)8)22-15-39-28-26(22)40-17-41-32(28)44-45-38/h14-15,17-18,21,23-25,27,29-31,39H,11-13,16H2,1-10H3,(H,42,47)(H,43,49)/t23-,24+,25+,27+,29-,30+,31-/m0/s1. The van der Waals surface area contributed by atoms with Crippen LogP contribution in [0.2, 0.25) is 0 Å². The van der Waals surface area contributed by atoms with Crippen molar-refractivity contribution >= 4 is 40.9 Å². The summed E-state index contributed by atoms with van der Waals surface area (Å²) in [5, 5.41) is 9.37. The van der Waals surface area contributed by atoms with Crippen molar-refractivity contribution in [3.63, 3.8) is 0 Å². The molecule has 0 radical (unpaired) electrons. The molecule has 0 saturated carbocycles. The molecule has 2 aromatic rings. The van der Waals surface area contributed by atoms with Crippen LogP contribution in [-0.2, 0) is 38.0 Å². The minimum atomic E-state index is -1.08. The molecule has 19 heteroatoms. The number of likely N-dealkylation sites (tertiary alicyclic amines) is 1. The lowest BCUT2D eigenvalue weighted by Gasteiger charge is -2.38. The van der Waals surface area contributed by atoms with Gasteiger partial charge in [-0.15, -0.1) is 0 Å². The van der Waals surface area contributed by atoms with E-state index in [1.807, 2.05) is 13.8 Å². The number of hydrogen-bond donors (Lipinski definition) is 3. The van der Waals surface area contributed by atoms with E-state index in [-0.39, 0.29) is 36.4 Å². The van der Waals surface area contributed by atoms with Gasteiger partial charge in [0.05, 0.1) is 53.5 Å². The van der Waals surface area contributed by atoms with Crippen molar-refractivity contribution in [1.82, 2.24) is 30.5 Å². The summed E-state index contributed by atoms with van der Waals surface area (Å²) in [6.45, 7) is 17.1. The summed E-state index contributed by atoms with van der Waals surface area (Å²) in [4.78, 5) is 69.5. The Labute approximate surface area is 325 Å². The molecule has 2 saturated heterocycles. The van der Waals surface area contributed by atoms with Gasteiger partial charge in [-0.2, -0.15) is 0 Å². The van der Waals surface area contributed by atoms with Crippen LogP contribution in [0.3, 0.4) is 0 Å². The average Bonchev–Trinajstić information content (AvgIpc) is 3.75. The summed E-state index contributed by atoms with van der Waals surface area (Å²) in [5.74, 6) is -2.09. The zero-order valence-corrected chi connectivity index (χ0v) is 33.5. The number of aromatic nitrogens is 3. The van der Waals surface area contributed by atoms with Gasteiger partial charge in [0.25, 0.3) is 0 Å². The number of rotatable bonds is 12. The number of carbonyl (C=O) groups excluding carboxylic acids is 4. The van der Waals surface area contributed by atoms with Crippen molar-refractivity contribution in [2.75, 3.05) is 6.61 Å². The molecular weight excluding hydrogens is 730 g/mol. The first-order valence-electron chi connectivity index (χ1n) is 18.9. The van der Waals surface area contributed by atoms with Crippen LogP contribution in [0.1, 0.15) is 100 Å². The number of fused-ring (bicyclic) bond motifs is 2. The molecule has 0 bridgehead atoms. The number of hydrogen-bond acceptors (Lipinski definition) is 13. The highest BCUT2D eigenvalue weighted by molar-refractivity contribution is 5.90. The Morgan fingerprint density at radius 3 is 2.45 bits per heavy atom. The lowest BCUT2D eigenvalue weighted by Crippen LogP contribution is -2.59. The highest BCUT2D eigenvalue weighted by Crippen LogP contribution is 2.49. The predicted octanol–water partition coefficient (Wildman–Crippen LogP) is 5.54. The second-order valence-corrected chi connectivity index (χ2v) is 15.8. The molecule has 1 aliphatic carbocycles. The molecule has 2 aliphatic heterocycles. The van der Waals surface area contributed by atoms with Gasteiger partial charge in [-0.3, -0.25) is 9.69 Å². The van der Waals surface area contributed by atoms with E-state index in [0.717, 1.165) is 0 Å². The highest BCUT2D eigenvalue weighted by atomic mass is 16.8. The third-order valence-corrected chi connectivity index (χ3v) is 9.56. The van der Waals surface area contributed by atoms with Gasteiger partial charge < -0.3 is 44.0 Å². The number of nitrogens with one attached hydrogen (secondary N) is 3. The van der Waals surface area contributed by atoms with Crippen LogP contribution in [0.4, 0.5) is 15.4 Å². The molecule has 7 atom stereocenters. The number of ether oxygens (including phenoxy) is 6. The van der Waals surface area contributed by atoms with Crippen molar-refractivity contribution in [3.8, 4) is 0 Å². The van der Waals surface area contributed by atoms with Gasteiger partial charge in [-0.1, -0.05) is 13.8 Å². The number of nitrogens with zero attached hydrogens (tertiary/aromatic N) is 6. The van der Waals surface area contributed by atoms with E-state index in [1.165, 1.54) is 18.2 Å². The van der Waals surface area contributed by atoms with Crippen LogP contribution >= 0.6 is 0 Å². The first-order chi connectivity index (χ1) is 26.4. The Bertz CT molecular complexity index is 1860. The largest absolute Gasteiger partial charge is 0.460 e. The monoisotopic (exact) mass is 783 g/mol. The van der Waals surface area contributed by atoms with Crippen molar-refractivity contribution < 1.29 is 47.6 Å². The number of carbonyl (C=O) groups is 4. The van der Waals surface area contributed by atoms with E-state index in [9.17, 15) is 19.2 Å². The summed E-state index contributed by atoms with van der Waals surface area (Å²) >= 11 is 0. The predicted molar refractivity (Wildman–Crippen MR) is 200 cm³/mol. The molecule has 19 nitrogen and oxygen atoms in total. The molecule has 306 valence electrons. The first-order valence-corrected chi connectivity index (χ1v) is 18.9. The Hall–Kier alpha value is -4.97. The number of azide groups is 1. The van der Waals surface area contributed by atoms with Crippen LogP contribution in [0, 0.1) is 0 Å². The summed E-state index contributed by atoms with van der Waals surface area (Å²) in [6.07, 6.45) is 1.36. The van der Waals surface area contributed by atoms with Gasteiger partial charge in [-0.05, 0) is 78.0 Å². The normalized spacial score (nSPS) is 25.7. The second kappa shape index (κ2) is 17.0. The zero-order valence-electron chi connectivity index (χ0n) is 33.5. The fraction of sp³-hybridized carbons (Fsp3) is 0.676. The quantitative estimate of drug-likeness (QED) is 0.0791. The van der Waals surface area contributed by atoms with Crippen LogP contribution in [-0.4, -0.2) is 111 Å². The first kappa shape index (κ1) is 42.2. The average molecular weight is 784 g/mol. The molecule has 0 spiro atoms. The fourth-order valence-electron chi connectivity index (χ4n) is 7.39. The third kappa shape index (κ3) is 9.51. The molecule has 2 fully saturated rings. The summed E-state index contributed by atoms with van der Waals surface area (Å²) in [7, 11) is 0. The van der Waals surface area contributed by atoms with Crippen LogP contribution in [0.25, 0.3) is 21.5 Å². The molecule has 3 aliphatic rings. The van der Waals surface area contributed by atoms with Gasteiger partial charge in [0.2, 0.25) is 5.91 Å². The summed E-state index contributed by atoms with van der Waals surface area (Å²) in [6, 6.07) is -3.32. The molecule has 2 aromatic heterocycles. The molecule has 5 rings (SSSR count). The number of aromatic amines is 1. The van der Waals surface area contributed by atoms with E-state index in [2.05, 4.69) is 35.6 Å². The lowest BCUT2D eigenvalue weighted by molar-refractivity contribution is -0.171. The van der Waals surface area contributed by atoms with Crippen molar-refractivity contribution in [1.29, 1.82) is 0 Å². The van der Waals surface area contributed by atoms with E-state index in [4.69, 9.17) is 34.0 Å². The molecule has 0 aromatic carbocycles. The molecule has 3 amide bonds. The van der Waals surface area contributed by atoms with Crippen LogP contribution in [0.15, 0.2) is 29.3 Å². The maximum atomic E-state index is 14.2. The van der Waals surface area contributed by atoms with Gasteiger partial charge in [0.1, 0.15) is 30.7 Å². The molecular formula is C37H53N9O10. The van der Waals surface area contributed by atoms with E-state index < -0.39 is 78.1 Å². The van der Waals surface area contributed by atoms with E-state index in [0.29, 0.717) is 29.4 Å². The number of H-pyrrole nitrogens is 1. The SMILES string of the molecule is CCC(CC)O[C@@H]1C=C(C(=O)OC[C@@H]2[C@H]3OC(C)(C)O[C@H]3[C@H](c3c[nH]c4c(N=[N+]=[N-])ncnc34)N2C(=O)OC(C)(C)C)C[C@H](NC(=O)OC(C)C)[C@H]1NC(C)=O. The van der Waals surface area contributed by atoms with Gasteiger partial charge >= 0.3 is 18.2 Å². The number of alkyl carbamates (subject to hydrolysis) is 1. The Kier molecular flexibility index (Phi) is 12.8. The molecule has 3 N–H and O–H groups in total. The van der Waals surface area contributed by atoms with Crippen LogP contribution < -0.4 is 10.6 Å². The van der Waals surface area contributed by atoms with Gasteiger partial charge in [-0.25, -0.2) is 24.4 Å².